The van der Waals surface area contributed by atoms with Gasteiger partial charge in [-0.2, -0.15) is 0 Å². The van der Waals surface area contributed by atoms with Crippen molar-refractivity contribution in [3.05, 3.63) is 101 Å². The van der Waals surface area contributed by atoms with Crippen LogP contribution in [0.2, 0.25) is 0 Å². The molecule has 3 aromatic heterocycles. The summed E-state index contributed by atoms with van der Waals surface area (Å²) in [5, 5.41) is 11.4. The summed E-state index contributed by atoms with van der Waals surface area (Å²) in [5.41, 5.74) is 10.8. The van der Waals surface area contributed by atoms with Gasteiger partial charge in [0.25, 0.3) is 5.91 Å². The highest BCUT2D eigenvalue weighted by Gasteiger charge is 2.21. The van der Waals surface area contributed by atoms with Crippen molar-refractivity contribution in [3.63, 3.8) is 0 Å². The molecule has 13 nitrogen and oxygen atoms in total. The second-order valence-electron chi connectivity index (χ2n) is 13.2. The summed E-state index contributed by atoms with van der Waals surface area (Å²) in [4.78, 5) is 31.8. The van der Waals surface area contributed by atoms with E-state index in [1.54, 1.807) is 31.6 Å². The van der Waals surface area contributed by atoms with Gasteiger partial charge in [0.2, 0.25) is 5.43 Å². The van der Waals surface area contributed by atoms with Crippen molar-refractivity contribution in [2.75, 3.05) is 57.8 Å². The third-order valence-electron chi connectivity index (χ3n) is 9.40. The summed E-state index contributed by atoms with van der Waals surface area (Å²) in [6, 6.07) is 18.5. The van der Waals surface area contributed by atoms with Crippen LogP contribution in [-0.4, -0.2) is 78.5 Å². The van der Waals surface area contributed by atoms with E-state index in [0.29, 0.717) is 80.4 Å². The average Bonchev–Trinajstić information content (AvgIpc) is 3.19. The van der Waals surface area contributed by atoms with Gasteiger partial charge in [-0.15, -0.1) is 10.2 Å². The Bertz CT molecular complexity index is 2110. The SMILES string of the molecule is COc1cc(-c2cnc(N)c(-c3ccc(NC(=O)c4cn(CC5CCOCC5)cc(-c5ccc(C)cc5)c4=O)nn3)c2)ccc1OC[C@H]1COCCO1. The molecule has 1 atom stereocenters. The lowest BCUT2D eigenvalue weighted by atomic mass is 9.99. The van der Waals surface area contributed by atoms with Crippen LogP contribution in [-0.2, 0) is 20.8 Å². The second-order valence-corrected chi connectivity index (χ2v) is 13.2. The van der Waals surface area contributed by atoms with E-state index < -0.39 is 5.91 Å². The van der Waals surface area contributed by atoms with E-state index in [1.807, 2.05) is 66.2 Å². The van der Waals surface area contributed by atoms with E-state index in [1.165, 1.54) is 0 Å². The maximum Gasteiger partial charge on any atom is 0.262 e. The molecule has 0 saturated carbocycles. The number of aromatic nitrogens is 4. The first-order valence-corrected chi connectivity index (χ1v) is 17.6. The van der Waals surface area contributed by atoms with E-state index in [0.717, 1.165) is 35.1 Å². The van der Waals surface area contributed by atoms with Crippen molar-refractivity contribution >= 4 is 17.5 Å². The molecule has 53 heavy (non-hydrogen) atoms. The number of benzene rings is 2. The number of amides is 1. The molecule has 2 aliphatic rings. The molecule has 2 aromatic carbocycles. The molecule has 3 N–H and O–H groups in total. The fraction of sp³-hybridized carbons (Fsp3) is 0.325. The third kappa shape index (κ3) is 8.54. The number of nitrogen functional groups attached to an aromatic ring is 1. The lowest BCUT2D eigenvalue weighted by Crippen LogP contribution is -2.33. The summed E-state index contributed by atoms with van der Waals surface area (Å²) < 4.78 is 30.2. The Morgan fingerprint density at radius 2 is 1.72 bits per heavy atom. The fourth-order valence-electron chi connectivity index (χ4n) is 6.41. The summed E-state index contributed by atoms with van der Waals surface area (Å²) in [5.74, 6) is 1.39. The molecule has 0 bridgehead atoms. The van der Waals surface area contributed by atoms with E-state index in [4.69, 9.17) is 29.4 Å². The van der Waals surface area contributed by atoms with Crippen LogP contribution in [0, 0.1) is 12.8 Å². The molecule has 0 spiro atoms. The molecule has 7 rings (SSSR count). The molecule has 0 unspecified atom stereocenters. The molecule has 5 aromatic rings. The van der Waals surface area contributed by atoms with Gasteiger partial charge in [0.05, 0.1) is 32.6 Å². The van der Waals surface area contributed by atoms with Crippen molar-refractivity contribution in [3.8, 4) is 45.0 Å². The number of hydrogen-bond acceptors (Lipinski definition) is 11. The Morgan fingerprint density at radius 3 is 2.45 bits per heavy atom. The molecule has 0 aliphatic carbocycles. The molecule has 2 aliphatic heterocycles. The average molecular weight is 719 g/mol. The van der Waals surface area contributed by atoms with Crippen molar-refractivity contribution < 1.29 is 28.5 Å². The Morgan fingerprint density at radius 1 is 0.906 bits per heavy atom. The molecular weight excluding hydrogens is 676 g/mol. The van der Waals surface area contributed by atoms with Gasteiger partial charge >= 0.3 is 0 Å². The van der Waals surface area contributed by atoms with Crippen molar-refractivity contribution in [1.82, 2.24) is 19.7 Å². The van der Waals surface area contributed by atoms with E-state index in [2.05, 4.69) is 20.5 Å². The number of nitrogens with one attached hydrogen (secondary N) is 1. The van der Waals surface area contributed by atoms with Gasteiger partial charge in [-0.05, 0) is 67.1 Å². The predicted molar refractivity (Wildman–Crippen MR) is 200 cm³/mol. The maximum absolute atomic E-state index is 13.7. The molecule has 2 saturated heterocycles. The number of nitrogens with two attached hydrogens (primary N) is 1. The van der Waals surface area contributed by atoms with Gasteiger partial charge in [-0.1, -0.05) is 35.9 Å². The standard InChI is InChI=1S/C40H42N6O7/c1-25-3-5-27(6-4-25)32-21-46(20-26-11-13-50-14-12-26)22-33(38(32)47)40(48)43-37-10-8-34(44-45-37)31-17-29(19-42-39(31)41)28-7-9-35(36(18-28)49-2)53-24-30-23-51-15-16-52-30/h3-10,17-19,21-22,26,30H,11-16,20,23-24H2,1-2H3,(H2,41,42)(H,43,45,48)/t30-/m1/s1. The van der Waals surface area contributed by atoms with E-state index in [-0.39, 0.29) is 28.7 Å². The highest BCUT2D eigenvalue weighted by Crippen LogP contribution is 2.35. The number of carbonyl (C=O) groups is 1. The Kier molecular flexibility index (Phi) is 11.0. The van der Waals surface area contributed by atoms with E-state index >= 15 is 0 Å². The zero-order chi connectivity index (χ0) is 36.7. The fourth-order valence-corrected chi connectivity index (χ4v) is 6.41. The lowest BCUT2D eigenvalue weighted by molar-refractivity contribution is -0.101. The maximum atomic E-state index is 13.7. The minimum absolute atomic E-state index is 0.0188. The van der Waals surface area contributed by atoms with Crippen LogP contribution in [0.3, 0.4) is 0 Å². The zero-order valence-corrected chi connectivity index (χ0v) is 29.7. The topological polar surface area (TPSA) is 162 Å². The van der Waals surface area contributed by atoms with Crippen LogP contribution in [0.5, 0.6) is 11.5 Å². The first-order chi connectivity index (χ1) is 25.8. The smallest absolute Gasteiger partial charge is 0.262 e. The summed E-state index contributed by atoms with van der Waals surface area (Å²) >= 11 is 0. The van der Waals surface area contributed by atoms with Gasteiger partial charge in [-0.3, -0.25) is 9.59 Å². The first kappa shape index (κ1) is 35.8. The number of nitrogens with zero attached hydrogens (tertiary/aromatic N) is 4. The number of rotatable bonds is 11. The van der Waals surface area contributed by atoms with Crippen LogP contribution in [0.1, 0.15) is 28.8 Å². The van der Waals surface area contributed by atoms with Gasteiger partial charge in [0.15, 0.2) is 17.3 Å². The quantitative estimate of drug-likeness (QED) is 0.180. The number of aryl methyl sites for hydroxylation is 1. The monoisotopic (exact) mass is 718 g/mol. The third-order valence-corrected chi connectivity index (χ3v) is 9.40. The van der Waals surface area contributed by atoms with Crippen LogP contribution in [0.15, 0.2) is 84.0 Å². The molecule has 13 heteroatoms. The molecular formula is C40H42N6O7. The molecule has 0 radical (unpaired) electrons. The number of carbonyl (C=O) groups excluding carboxylic acids is 1. The Balaban J connectivity index is 1.09. The molecule has 2 fully saturated rings. The first-order valence-electron chi connectivity index (χ1n) is 17.6. The normalized spacial score (nSPS) is 16.2. The van der Waals surface area contributed by atoms with Crippen molar-refractivity contribution in [2.24, 2.45) is 5.92 Å². The number of pyridine rings is 2. The highest BCUT2D eigenvalue weighted by molar-refractivity contribution is 6.04. The number of hydrogen-bond donors (Lipinski definition) is 2. The van der Waals surface area contributed by atoms with Crippen LogP contribution < -0.4 is 26.0 Å². The summed E-state index contributed by atoms with van der Waals surface area (Å²) in [7, 11) is 1.58. The lowest BCUT2D eigenvalue weighted by Gasteiger charge is -2.23. The summed E-state index contributed by atoms with van der Waals surface area (Å²) in [6.45, 7) is 6.02. The predicted octanol–water partition coefficient (Wildman–Crippen LogP) is 5.41. The molecule has 5 heterocycles. The van der Waals surface area contributed by atoms with Gasteiger partial charge in [-0.25, -0.2) is 4.98 Å². The molecule has 274 valence electrons. The van der Waals surface area contributed by atoms with Crippen molar-refractivity contribution in [1.29, 1.82) is 0 Å². The van der Waals surface area contributed by atoms with E-state index in [9.17, 15) is 9.59 Å². The molecule has 1 amide bonds. The number of ether oxygens (including phenoxy) is 5. The number of anilines is 2. The van der Waals surface area contributed by atoms with Crippen LogP contribution in [0.25, 0.3) is 33.5 Å². The second kappa shape index (κ2) is 16.4. The summed E-state index contributed by atoms with van der Waals surface area (Å²) in [6.07, 6.45) is 6.82. The highest BCUT2D eigenvalue weighted by atomic mass is 16.6. The Hall–Kier alpha value is -5.63. The van der Waals surface area contributed by atoms with Gasteiger partial charge in [0, 0.05) is 55.0 Å². The van der Waals surface area contributed by atoms with Crippen molar-refractivity contribution in [2.45, 2.75) is 32.4 Å². The zero-order valence-electron chi connectivity index (χ0n) is 29.7. The van der Waals surface area contributed by atoms with Gasteiger partial charge < -0.3 is 39.3 Å². The van der Waals surface area contributed by atoms with Crippen LogP contribution in [0.4, 0.5) is 11.6 Å². The van der Waals surface area contributed by atoms with Crippen LogP contribution >= 0.6 is 0 Å². The number of methoxy groups -OCH3 is 1. The Labute approximate surface area is 307 Å². The minimum atomic E-state index is -0.573. The minimum Gasteiger partial charge on any atom is -0.493 e. The van der Waals surface area contributed by atoms with Gasteiger partial charge in [0.1, 0.15) is 24.1 Å². The largest absolute Gasteiger partial charge is 0.493 e.